The minimum Gasteiger partial charge on any atom is -0.299 e. The van der Waals surface area contributed by atoms with Crippen LogP contribution in [-0.4, -0.2) is 5.78 Å². The zero-order valence-corrected chi connectivity index (χ0v) is 13.4. The number of rotatable bonds is 2. The minimum atomic E-state index is 0.0826. The van der Waals surface area contributed by atoms with E-state index in [1.807, 2.05) is 32.1 Å². The van der Waals surface area contributed by atoms with Gasteiger partial charge in [-0.2, -0.15) is 0 Å². The highest BCUT2D eigenvalue weighted by Gasteiger charge is 2.12. The average Bonchev–Trinajstić information content (AvgIpc) is 2.68. The van der Waals surface area contributed by atoms with Crippen LogP contribution in [0.2, 0.25) is 0 Å². The average molecular weight is 321 g/mol. The van der Waals surface area contributed by atoms with Gasteiger partial charge in [-0.15, -0.1) is 0 Å². The fraction of sp³-hybridized carbons (Fsp3) is 0.353. The highest BCUT2D eigenvalue weighted by atomic mass is 79.9. The quantitative estimate of drug-likeness (QED) is 0.711. The van der Waals surface area contributed by atoms with E-state index in [-0.39, 0.29) is 11.7 Å². The van der Waals surface area contributed by atoms with E-state index in [4.69, 9.17) is 0 Å². The van der Waals surface area contributed by atoms with Gasteiger partial charge in [-0.05, 0) is 43.0 Å². The Morgan fingerprint density at radius 1 is 1.21 bits per heavy atom. The van der Waals surface area contributed by atoms with Crippen LogP contribution in [0.3, 0.4) is 0 Å². The predicted octanol–water partition coefficient (Wildman–Crippen LogP) is 5.41. The molecule has 2 heteroatoms. The van der Waals surface area contributed by atoms with Crippen molar-refractivity contribution in [3.8, 4) is 0 Å². The van der Waals surface area contributed by atoms with Crippen molar-refractivity contribution >= 4 is 27.3 Å². The molecule has 102 valence electrons. The molecule has 0 bridgehead atoms. The van der Waals surface area contributed by atoms with Crippen LogP contribution in [0.15, 0.2) is 47.0 Å². The third kappa shape index (κ3) is 4.79. The first-order valence-corrected chi connectivity index (χ1v) is 7.61. The van der Waals surface area contributed by atoms with Gasteiger partial charge in [-0.3, -0.25) is 4.79 Å². The molecule has 19 heavy (non-hydrogen) atoms. The van der Waals surface area contributed by atoms with Crippen LogP contribution >= 0.6 is 15.9 Å². The van der Waals surface area contributed by atoms with Gasteiger partial charge in [0.25, 0.3) is 0 Å². The topological polar surface area (TPSA) is 17.1 Å². The van der Waals surface area contributed by atoms with Crippen LogP contribution in [0.5, 0.6) is 0 Å². The molecular weight excluding hydrogens is 300 g/mol. The SMILES string of the molecule is CC.CC(=O)C1C=CC(c2ccc(Br)cc2)=CCC1. The van der Waals surface area contributed by atoms with Crippen LogP contribution in [0, 0.1) is 5.92 Å². The van der Waals surface area contributed by atoms with E-state index >= 15 is 0 Å². The standard InChI is InChI=1S/C15H15BrO.C2H6/c1-11(17)12-3-2-4-13(6-5-12)14-7-9-15(16)10-8-14;1-2/h4-10,12H,2-3H2,1H3;1-2H3. The number of hydrogen-bond acceptors (Lipinski definition) is 1. The second kappa shape index (κ2) is 8.11. The summed E-state index contributed by atoms with van der Waals surface area (Å²) in [5.74, 6) is 0.339. The Bertz CT molecular complexity index is 469. The van der Waals surface area contributed by atoms with Gasteiger partial charge in [0.2, 0.25) is 0 Å². The maximum Gasteiger partial charge on any atom is 0.136 e. The Hall–Kier alpha value is -1.15. The predicted molar refractivity (Wildman–Crippen MR) is 86.0 cm³/mol. The Balaban J connectivity index is 0.000000861. The van der Waals surface area contributed by atoms with Gasteiger partial charge in [0.1, 0.15) is 5.78 Å². The van der Waals surface area contributed by atoms with Crippen LogP contribution in [-0.2, 0) is 4.79 Å². The summed E-state index contributed by atoms with van der Waals surface area (Å²) in [5.41, 5.74) is 2.41. The van der Waals surface area contributed by atoms with Gasteiger partial charge in [0.05, 0.1) is 0 Å². The van der Waals surface area contributed by atoms with Crippen molar-refractivity contribution in [1.82, 2.24) is 0 Å². The molecule has 0 aromatic heterocycles. The van der Waals surface area contributed by atoms with Gasteiger partial charge in [-0.1, -0.05) is 60.1 Å². The zero-order valence-electron chi connectivity index (χ0n) is 11.8. The first-order chi connectivity index (χ1) is 9.16. The summed E-state index contributed by atoms with van der Waals surface area (Å²) in [4.78, 5) is 11.4. The lowest BCUT2D eigenvalue weighted by Crippen LogP contribution is -2.06. The summed E-state index contributed by atoms with van der Waals surface area (Å²) in [5, 5.41) is 0. The summed E-state index contributed by atoms with van der Waals surface area (Å²) in [6, 6.07) is 8.26. The number of carbonyl (C=O) groups is 1. The first-order valence-electron chi connectivity index (χ1n) is 6.81. The molecule has 1 aromatic rings. The van der Waals surface area contributed by atoms with Crippen LogP contribution < -0.4 is 0 Å². The zero-order chi connectivity index (χ0) is 14.3. The Kier molecular flexibility index (Phi) is 6.79. The largest absolute Gasteiger partial charge is 0.299 e. The van der Waals surface area contributed by atoms with E-state index in [0.29, 0.717) is 0 Å². The molecule has 0 saturated carbocycles. The van der Waals surface area contributed by atoms with Gasteiger partial charge in [-0.25, -0.2) is 0 Å². The van der Waals surface area contributed by atoms with Crippen LogP contribution in [0.4, 0.5) is 0 Å². The van der Waals surface area contributed by atoms with Crippen molar-refractivity contribution in [3.63, 3.8) is 0 Å². The number of halogens is 1. The summed E-state index contributed by atoms with van der Waals surface area (Å²) in [6.07, 6.45) is 8.20. The lowest BCUT2D eigenvalue weighted by Gasteiger charge is -2.03. The smallest absolute Gasteiger partial charge is 0.136 e. The van der Waals surface area contributed by atoms with Crippen LogP contribution in [0.1, 0.15) is 39.2 Å². The molecule has 0 radical (unpaired) electrons. The van der Waals surface area contributed by atoms with Crippen molar-refractivity contribution in [2.75, 3.05) is 0 Å². The molecule has 1 aliphatic rings. The number of hydrogen-bond donors (Lipinski definition) is 0. The molecule has 0 spiro atoms. The molecule has 0 fully saturated rings. The molecule has 2 rings (SSSR count). The lowest BCUT2D eigenvalue weighted by molar-refractivity contribution is -0.119. The van der Waals surface area contributed by atoms with Crippen molar-refractivity contribution in [2.45, 2.75) is 33.6 Å². The summed E-state index contributed by atoms with van der Waals surface area (Å²) in [6.45, 7) is 5.67. The van der Waals surface area contributed by atoms with Gasteiger partial charge < -0.3 is 0 Å². The third-order valence-corrected chi connectivity index (χ3v) is 3.58. The van der Waals surface area contributed by atoms with Gasteiger partial charge in [0, 0.05) is 10.4 Å². The van der Waals surface area contributed by atoms with E-state index in [1.54, 1.807) is 6.92 Å². The van der Waals surface area contributed by atoms with E-state index in [9.17, 15) is 4.79 Å². The molecule has 0 aliphatic heterocycles. The fourth-order valence-electron chi connectivity index (χ4n) is 2.00. The number of carbonyl (C=O) groups excluding carboxylic acids is 1. The normalized spacial score (nSPS) is 17.9. The lowest BCUT2D eigenvalue weighted by atomic mass is 10.0. The minimum absolute atomic E-state index is 0.0826. The molecule has 1 atom stereocenters. The highest BCUT2D eigenvalue weighted by Crippen LogP contribution is 2.25. The Morgan fingerprint density at radius 3 is 2.42 bits per heavy atom. The molecule has 0 heterocycles. The number of Topliss-reactive ketones (excluding diaryl/α,β-unsaturated/α-hetero) is 1. The molecule has 0 N–H and O–H groups in total. The van der Waals surface area contributed by atoms with E-state index < -0.39 is 0 Å². The first kappa shape index (κ1) is 15.9. The van der Waals surface area contributed by atoms with Crippen molar-refractivity contribution in [2.24, 2.45) is 5.92 Å². The molecular formula is C17H21BrO. The maximum atomic E-state index is 11.4. The van der Waals surface area contributed by atoms with E-state index in [2.05, 4.69) is 40.2 Å². The molecule has 1 aromatic carbocycles. The third-order valence-electron chi connectivity index (χ3n) is 3.05. The van der Waals surface area contributed by atoms with Crippen molar-refractivity contribution < 1.29 is 4.79 Å². The highest BCUT2D eigenvalue weighted by molar-refractivity contribution is 9.10. The molecule has 1 nitrogen and oxygen atoms in total. The second-order valence-corrected chi connectivity index (χ2v) is 5.24. The van der Waals surface area contributed by atoms with Gasteiger partial charge in [0.15, 0.2) is 0 Å². The molecule has 0 amide bonds. The Morgan fingerprint density at radius 2 is 1.84 bits per heavy atom. The summed E-state index contributed by atoms with van der Waals surface area (Å²) >= 11 is 3.43. The number of ketones is 1. The number of allylic oxidation sites excluding steroid dienone is 4. The summed E-state index contributed by atoms with van der Waals surface area (Å²) in [7, 11) is 0. The van der Waals surface area contributed by atoms with Crippen LogP contribution in [0.25, 0.3) is 5.57 Å². The van der Waals surface area contributed by atoms with Crippen molar-refractivity contribution in [1.29, 1.82) is 0 Å². The molecule has 1 unspecified atom stereocenters. The second-order valence-electron chi connectivity index (χ2n) is 4.32. The number of benzene rings is 1. The molecule has 1 aliphatic carbocycles. The summed E-state index contributed by atoms with van der Waals surface area (Å²) < 4.78 is 1.08. The maximum absolute atomic E-state index is 11.4. The van der Waals surface area contributed by atoms with E-state index in [0.717, 1.165) is 17.3 Å². The van der Waals surface area contributed by atoms with Gasteiger partial charge >= 0.3 is 0 Å². The monoisotopic (exact) mass is 320 g/mol. The Labute approximate surface area is 124 Å². The van der Waals surface area contributed by atoms with Crippen molar-refractivity contribution in [3.05, 3.63) is 52.5 Å². The van der Waals surface area contributed by atoms with E-state index in [1.165, 1.54) is 11.1 Å². The fourth-order valence-corrected chi connectivity index (χ4v) is 2.26. The molecule has 0 saturated heterocycles.